The SMILES string of the molecule is CCCOc1ncc(I)cc1C(N)=O. The van der Waals surface area contributed by atoms with Gasteiger partial charge in [-0.3, -0.25) is 4.79 Å². The van der Waals surface area contributed by atoms with Crippen molar-refractivity contribution in [2.75, 3.05) is 6.61 Å². The number of hydrogen-bond acceptors (Lipinski definition) is 3. The summed E-state index contributed by atoms with van der Waals surface area (Å²) in [6.07, 6.45) is 2.50. The fourth-order valence-corrected chi connectivity index (χ4v) is 1.37. The number of nitrogens with zero attached hydrogens (tertiary/aromatic N) is 1. The average molecular weight is 306 g/mol. The molecule has 1 rings (SSSR count). The van der Waals surface area contributed by atoms with Gasteiger partial charge in [0, 0.05) is 9.77 Å². The summed E-state index contributed by atoms with van der Waals surface area (Å²) in [4.78, 5) is 15.0. The van der Waals surface area contributed by atoms with Gasteiger partial charge in [-0.15, -0.1) is 0 Å². The van der Waals surface area contributed by atoms with Crippen molar-refractivity contribution in [1.29, 1.82) is 0 Å². The maximum absolute atomic E-state index is 11.0. The Bertz CT molecular complexity index is 342. The largest absolute Gasteiger partial charge is 0.477 e. The Morgan fingerprint density at radius 1 is 1.71 bits per heavy atom. The number of pyridine rings is 1. The highest BCUT2D eigenvalue weighted by Gasteiger charge is 2.10. The predicted molar refractivity (Wildman–Crippen MR) is 61.3 cm³/mol. The fraction of sp³-hybridized carbons (Fsp3) is 0.333. The average Bonchev–Trinajstić information content (AvgIpc) is 2.15. The molecule has 0 spiro atoms. The first-order valence-electron chi connectivity index (χ1n) is 4.23. The minimum absolute atomic E-state index is 0.319. The monoisotopic (exact) mass is 306 g/mol. The first-order valence-corrected chi connectivity index (χ1v) is 5.31. The number of amides is 1. The summed E-state index contributed by atoms with van der Waals surface area (Å²) in [7, 11) is 0. The molecule has 0 fully saturated rings. The smallest absolute Gasteiger partial charge is 0.254 e. The first kappa shape index (κ1) is 11.2. The molecule has 0 aliphatic carbocycles. The molecule has 76 valence electrons. The van der Waals surface area contributed by atoms with Crippen molar-refractivity contribution in [3.63, 3.8) is 0 Å². The molecule has 1 aromatic heterocycles. The molecule has 0 radical (unpaired) electrons. The van der Waals surface area contributed by atoms with Gasteiger partial charge in [-0.2, -0.15) is 0 Å². The van der Waals surface area contributed by atoms with Gasteiger partial charge in [-0.25, -0.2) is 4.98 Å². The minimum Gasteiger partial charge on any atom is -0.477 e. The van der Waals surface area contributed by atoms with Crippen LogP contribution in [0, 0.1) is 3.57 Å². The Kier molecular flexibility index (Phi) is 4.12. The molecule has 0 atom stereocenters. The zero-order chi connectivity index (χ0) is 10.6. The Labute approximate surface area is 96.0 Å². The van der Waals surface area contributed by atoms with E-state index >= 15 is 0 Å². The van der Waals surface area contributed by atoms with Crippen molar-refractivity contribution in [2.24, 2.45) is 5.73 Å². The summed E-state index contributed by atoms with van der Waals surface area (Å²) >= 11 is 2.07. The molecule has 4 nitrogen and oxygen atoms in total. The van der Waals surface area contributed by atoms with Crippen LogP contribution in [-0.4, -0.2) is 17.5 Å². The number of carbonyl (C=O) groups excluding carboxylic acids is 1. The molecular weight excluding hydrogens is 295 g/mol. The van der Waals surface area contributed by atoms with Crippen molar-refractivity contribution in [1.82, 2.24) is 4.98 Å². The number of halogens is 1. The molecule has 0 unspecified atom stereocenters. The highest BCUT2D eigenvalue weighted by Crippen LogP contribution is 2.17. The summed E-state index contributed by atoms with van der Waals surface area (Å²) in [5.41, 5.74) is 5.53. The lowest BCUT2D eigenvalue weighted by Gasteiger charge is -2.07. The van der Waals surface area contributed by atoms with Crippen LogP contribution in [0.5, 0.6) is 5.88 Å². The molecule has 0 bridgehead atoms. The third-order valence-electron chi connectivity index (χ3n) is 1.53. The van der Waals surface area contributed by atoms with Gasteiger partial charge in [-0.05, 0) is 35.1 Å². The second kappa shape index (κ2) is 5.14. The summed E-state index contributed by atoms with van der Waals surface area (Å²) in [5.74, 6) is -0.193. The summed E-state index contributed by atoms with van der Waals surface area (Å²) in [5, 5.41) is 0. The minimum atomic E-state index is -0.512. The van der Waals surface area contributed by atoms with Crippen LogP contribution in [0.4, 0.5) is 0 Å². The molecule has 0 saturated carbocycles. The Morgan fingerprint density at radius 3 is 3.00 bits per heavy atom. The molecule has 0 aliphatic heterocycles. The molecule has 0 aliphatic rings. The van der Waals surface area contributed by atoms with E-state index in [1.165, 1.54) is 0 Å². The first-order chi connectivity index (χ1) is 6.65. The van der Waals surface area contributed by atoms with Crippen molar-refractivity contribution < 1.29 is 9.53 Å². The quantitative estimate of drug-likeness (QED) is 0.859. The lowest BCUT2D eigenvalue weighted by molar-refractivity contribution is 0.0995. The standard InChI is InChI=1S/C9H11IN2O2/c1-2-3-14-9-7(8(11)13)4-6(10)5-12-9/h4-5H,2-3H2,1H3,(H2,11,13). The Morgan fingerprint density at radius 2 is 2.43 bits per heavy atom. The zero-order valence-corrected chi connectivity index (χ0v) is 9.95. The van der Waals surface area contributed by atoms with Crippen LogP contribution in [0.25, 0.3) is 0 Å². The van der Waals surface area contributed by atoms with Crippen molar-refractivity contribution in [2.45, 2.75) is 13.3 Å². The van der Waals surface area contributed by atoms with Crippen molar-refractivity contribution >= 4 is 28.5 Å². The number of ether oxygens (including phenoxy) is 1. The topological polar surface area (TPSA) is 65.2 Å². The molecule has 0 saturated heterocycles. The number of nitrogens with two attached hydrogens (primary N) is 1. The Balaban J connectivity index is 2.96. The van der Waals surface area contributed by atoms with E-state index in [1.807, 2.05) is 6.92 Å². The summed E-state index contributed by atoms with van der Waals surface area (Å²) in [6, 6.07) is 1.67. The maximum Gasteiger partial charge on any atom is 0.254 e. The second-order valence-corrected chi connectivity index (χ2v) is 3.96. The molecular formula is C9H11IN2O2. The van der Waals surface area contributed by atoms with E-state index < -0.39 is 5.91 Å². The van der Waals surface area contributed by atoms with E-state index in [1.54, 1.807) is 12.3 Å². The highest BCUT2D eigenvalue weighted by atomic mass is 127. The van der Waals surface area contributed by atoms with Crippen LogP contribution in [0.15, 0.2) is 12.3 Å². The fourth-order valence-electron chi connectivity index (χ4n) is 0.917. The number of aromatic nitrogens is 1. The van der Waals surface area contributed by atoms with Crippen LogP contribution in [0.3, 0.4) is 0 Å². The van der Waals surface area contributed by atoms with Gasteiger partial charge >= 0.3 is 0 Å². The lowest BCUT2D eigenvalue weighted by atomic mass is 10.2. The van der Waals surface area contributed by atoms with Crippen LogP contribution in [0.1, 0.15) is 23.7 Å². The van der Waals surface area contributed by atoms with Gasteiger partial charge in [0.25, 0.3) is 5.91 Å². The molecule has 1 amide bonds. The molecule has 0 aromatic carbocycles. The summed E-state index contributed by atoms with van der Waals surface area (Å²) in [6.45, 7) is 2.52. The molecule has 1 aromatic rings. The third kappa shape index (κ3) is 2.83. The van der Waals surface area contributed by atoms with Gasteiger partial charge < -0.3 is 10.5 Å². The van der Waals surface area contributed by atoms with E-state index in [4.69, 9.17) is 10.5 Å². The summed E-state index contributed by atoms with van der Waals surface area (Å²) < 4.78 is 6.15. The third-order valence-corrected chi connectivity index (χ3v) is 2.12. The Hall–Kier alpha value is -0.850. The van der Waals surface area contributed by atoms with Gasteiger partial charge in [0.1, 0.15) is 5.56 Å². The number of hydrogen-bond donors (Lipinski definition) is 1. The van der Waals surface area contributed by atoms with Crippen LogP contribution in [0.2, 0.25) is 0 Å². The van der Waals surface area contributed by atoms with Crippen molar-refractivity contribution in [3.8, 4) is 5.88 Å². The van der Waals surface area contributed by atoms with Gasteiger partial charge in [0.05, 0.1) is 6.61 Å². The van der Waals surface area contributed by atoms with Gasteiger partial charge in [0.2, 0.25) is 5.88 Å². The maximum atomic E-state index is 11.0. The normalized spacial score (nSPS) is 9.86. The van der Waals surface area contributed by atoms with E-state index in [2.05, 4.69) is 27.6 Å². The van der Waals surface area contributed by atoms with Crippen molar-refractivity contribution in [3.05, 3.63) is 21.4 Å². The van der Waals surface area contributed by atoms with E-state index in [-0.39, 0.29) is 0 Å². The lowest BCUT2D eigenvalue weighted by Crippen LogP contribution is -2.14. The van der Waals surface area contributed by atoms with Crippen LogP contribution < -0.4 is 10.5 Å². The van der Waals surface area contributed by atoms with E-state index in [9.17, 15) is 4.79 Å². The van der Waals surface area contributed by atoms with E-state index in [0.717, 1.165) is 9.99 Å². The second-order valence-electron chi connectivity index (χ2n) is 2.72. The predicted octanol–water partition coefficient (Wildman–Crippen LogP) is 1.57. The van der Waals surface area contributed by atoms with Crippen LogP contribution >= 0.6 is 22.6 Å². The zero-order valence-electron chi connectivity index (χ0n) is 7.79. The van der Waals surface area contributed by atoms with E-state index in [0.29, 0.717) is 18.1 Å². The van der Waals surface area contributed by atoms with Gasteiger partial charge in [0.15, 0.2) is 0 Å². The number of rotatable bonds is 4. The number of carbonyl (C=O) groups is 1. The van der Waals surface area contributed by atoms with Gasteiger partial charge in [-0.1, -0.05) is 6.92 Å². The molecule has 2 N–H and O–H groups in total. The molecule has 14 heavy (non-hydrogen) atoms. The molecule has 1 heterocycles. The molecule has 5 heteroatoms. The highest BCUT2D eigenvalue weighted by molar-refractivity contribution is 14.1. The number of primary amides is 1. The van der Waals surface area contributed by atoms with Crippen LogP contribution in [-0.2, 0) is 0 Å².